The number of hydrogen-bond donors (Lipinski definition) is 2. The Morgan fingerprint density at radius 1 is 1.20 bits per heavy atom. The molecule has 0 aliphatic carbocycles. The molecule has 1 fully saturated rings. The van der Waals surface area contributed by atoms with E-state index < -0.39 is 0 Å². The minimum absolute atomic E-state index is 0.117. The van der Waals surface area contributed by atoms with Gasteiger partial charge in [0.2, 0.25) is 0 Å². The summed E-state index contributed by atoms with van der Waals surface area (Å²) >= 11 is 0. The maximum atomic E-state index is 9.25. The first-order chi connectivity index (χ1) is 9.81. The number of piperidine rings is 1. The number of aliphatic hydroxyl groups excluding tert-OH is 2. The highest BCUT2D eigenvalue weighted by Crippen LogP contribution is 2.18. The summed E-state index contributed by atoms with van der Waals surface area (Å²) in [6.07, 6.45) is 2.85. The first-order valence-corrected chi connectivity index (χ1v) is 7.33. The first-order valence-electron chi connectivity index (χ1n) is 7.33. The SMILES string of the molecule is OCCC#Cc1ccc(CN2CCCC(CO)C2)cc1. The van der Waals surface area contributed by atoms with Gasteiger partial charge in [-0.3, -0.25) is 4.90 Å². The molecule has 3 heteroatoms. The van der Waals surface area contributed by atoms with Gasteiger partial charge in [0, 0.05) is 31.7 Å². The summed E-state index contributed by atoms with van der Waals surface area (Å²) in [6, 6.07) is 8.30. The van der Waals surface area contributed by atoms with E-state index in [0.717, 1.165) is 31.6 Å². The van der Waals surface area contributed by atoms with E-state index in [9.17, 15) is 5.11 Å². The summed E-state index contributed by atoms with van der Waals surface area (Å²) in [7, 11) is 0. The molecule has 2 N–H and O–H groups in total. The molecule has 0 radical (unpaired) electrons. The third-order valence-corrected chi connectivity index (χ3v) is 3.69. The maximum absolute atomic E-state index is 9.25. The van der Waals surface area contributed by atoms with Crippen molar-refractivity contribution >= 4 is 0 Å². The molecule has 1 aliphatic rings. The van der Waals surface area contributed by atoms with E-state index in [0.29, 0.717) is 18.9 Å². The zero-order chi connectivity index (χ0) is 14.2. The van der Waals surface area contributed by atoms with Crippen LogP contribution in [-0.2, 0) is 6.54 Å². The lowest BCUT2D eigenvalue weighted by Gasteiger charge is -2.31. The van der Waals surface area contributed by atoms with E-state index >= 15 is 0 Å². The molecule has 1 saturated heterocycles. The largest absolute Gasteiger partial charge is 0.396 e. The van der Waals surface area contributed by atoms with Crippen molar-refractivity contribution in [2.75, 3.05) is 26.3 Å². The molecular weight excluding hydrogens is 250 g/mol. The van der Waals surface area contributed by atoms with Crippen LogP contribution in [0.2, 0.25) is 0 Å². The highest BCUT2D eigenvalue weighted by Gasteiger charge is 2.18. The van der Waals surface area contributed by atoms with Crippen LogP contribution < -0.4 is 0 Å². The Labute approximate surface area is 121 Å². The van der Waals surface area contributed by atoms with Gasteiger partial charge < -0.3 is 10.2 Å². The topological polar surface area (TPSA) is 43.7 Å². The minimum Gasteiger partial charge on any atom is -0.396 e. The van der Waals surface area contributed by atoms with Gasteiger partial charge in [0.1, 0.15) is 0 Å². The third-order valence-electron chi connectivity index (χ3n) is 3.69. The lowest BCUT2D eigenvalue weighted by Crippen LogP contribution is -2.36. The molecule has 0 amide bonds. The summed E-state index contributed by atoms with van der Waals surface area (Å²) < 4.78 is 0. The predicted octanol–water partition coefficient (Wildman–Crippen LogP) is 1.62. The number of benzene rings is 1. The Bertz CT molecular complexity index is 458. The normalized spacial score (nSPS) is 19.4. The van der Waals surface area contributed by atoms with Gasteiger partial charge >= 0.3 is 0 Å². The van der Waals surface area contributed by atoms with Gasteiger partial charge in [-0.1, -0.05) is 24.0 Å². The fraction of sp³-hybridized carbons (Fsp3) is 0.529. The summed E-state index contributed by atoms with van der Waals surface area (Å²) in [4.78, 5) is 2.41. The number of hydrogen-bond acceptors (Lipinski definition) is 3. The number of likely N-dealkylation sites (tertiary alicyclic amines) is 1. The molecule has 0 spiro atoms. The van der Waals surface area contributed by atoms with E-state index in [2.05, 4.69) is 28.9 Å². The Morgan fingerprint density at radius 3 is 2.70 bits per heavy atom. The molecule has 20 heavy (non-hydrogen) atoms. The second-order valence-electron chi connectivity index (χ2n) is 5.40. The van der Waals surface area contributed by atoms with Crippen molar-refractivity contribution in [1.82, 2.24) is 4.90 Å². The molecule has 1 aromatic carbocycles. The van der Waals surface area contributed by atoms with Crippen molar-refractivity contribution < 1.29 is 10.2 Å². The average Bonchev–Trinajstić information content (AvgIpc) is 2.49. The van der Waals surface area contributed by atoms with Gasteiger partial charge in [-0.15, -0.1) is 0 Å². The third kappa shape index (κ3) is 4.64. The van der Waals surface area contributed by atoms with E-state index in [1.807, 2.05) is 12.1 Å². The molecule has 2 rings (SSSR count). The molecule has 1 heterocycles. The van der Waals surface area contributed by atoms with Crippen LogP contribution in [0.5, 0.6) is 0 Å². The van der Waals surface area contributed by atoms with Gasteiger partial charge in [-0.25, -0.2) is 0 Å². The number of nitrogens with zero attached hydrogens (tertiary/aromatic N) is 1. The molecule has 0 aromatic heterocycles. The van der Waals surface area contributed by atoms with Crippen molar-refractivity contribution in [3.8, 4) is 11.8 Å². The van der Waals surface area contributed by atoms with Crippen LogP contribution in [0.4, 0.5) is 0 Å². The first kappa shape index (κ1) is 15.1. The minimum atomic E-state index is 0.117. The summed E-state index contributed by atoms with van der Waals surface area (Å²) in [5.74, 6) is 6.40. The highest BCUT2D eigenvalue weighted by molar-refractivity contribution is 5.36. The summed E-state index contributed by atoms with van der Waals surface area (Å²) in [6.45, 7) is 3.48. The van der Waals surface area contributed by atoms with Crippen LogP contribution in [-0.4, -0.2) is 41.4 Å². The Hall–Kier alpha value is -1.34. The Morgan fingerprint density at radius 2 is 2.00 bits per heavy atom. The fourth-order valence-corrected chi connectivity index (χ4v) is 2.62. The van der Waals surface area contributed by atoms with Crippen molar-refractivity contribution in [3.05, 3.63) is 35.4 Å². The van der Waals surface area contributed by atoms with Crippen LogP contribution in [0.15, 0.2) is 24.3 Å². The molecule has 1 aromatic rings. The molecular formula is C17H23NO2. The second-order valence-corrected chi connectivity index (χ2v) is 5.40. The monoisotopic (exact) mass is 273 g/mol. The van der Waals surface area contributed by atoms with Crippen molar-refractivity contribution in [3.63, 3.8) is 0 Å². The van der Waals surface area contributed by atoms with Crippen molar-refractivity contribution in [2.24, 2.45) is 5.92 Å². The van der Waals surface area contributed by atoms with Crippen LogP contribution >= 0.6 is 0 Å². The van der Waals surface area contributed by atoms with Gasteiger partial charge in [0.25, 0.3) is 0 Å². The van der Waals surface area contributed by atoms with Crippen LogP contribution in [0.1, 0.15) is 30.4 Å². The van der Waals surface area contributed by atoms with Crippen molar-refractivity contribution in [1.29, 1.82) is 0 Å². The van der Waals surface area contributed by atoms with Crippen LogP contribution in [0.3, 0.4) is 0 Å². The summed E-state index contributed by atoms with van der Waals surface area (Å²) in [5.41, 5.74) is 2.28. The number of aliphatic hydroxyl groups is 2. The molecule has 3 nitrogen and oxygen atoms in total. The second kappa shape index (κ2) is 8.06. The maximum Gasteiger partial charge on any atom is 0.0540 e. The highest BCUT2D eigenvalue weighted by atomic mass is 16.3. The Balaban J connectivity index is 1.89. The van der Waals surface area contributed by atoms with Crippen molar-refractivity contribution in [2.45, 2.75) is 25.8 Å². The molecule has 1 aliphatic heterocycles. The van der Waals surface area contributed by atoms with E-state index in [4.69, 9.17) is 5.11 Å². The zero-order valence-electron chi connectivity index (χ0n) is 11.9. The van der Waals surface area contributed by atoms with E-state index in [1.54, 1.807) is 0 Å². The van der Waals surface area contributed by atoms with Gasteiger partial charge in [0.15, 0.2) is 0 Å². The standard InChI is InChI=1S/C17H23NO2/c19-11-2-1-4-15-6-8-16(9-7-15)12-18-10-3-5-17(13-18)14-20/h6-9,17,19-20H,2-3,5,10-14H2. The van der Waals surface area contributed by atoms with E-state index in [1.165, 1.54) is 12.0 Å². The summed E-state index contributed by atoms with van der Waals surface area (Å²) in [5, 5.41) is 17.9. The zero-order valence-corrected chi connectivity index (χ0v) is 11.9. The number of rotatable bonds is 4. The molecule has 0 saturated carbocycles. The molecule has 0 bridgehead atoms. The predicted molar refractivity (Wildman–Crippen MR) is 80.1 cm³/mol. The molecule has 1 atom stereocenters. The van der Waals surface area contributed by atoms with Crippen LogP contribution in [0, 0.1) is 17.8 Å². The fourth-order valence-electron chi connectivity index (χ4n) is 2.62. The quantitative estimate of drug-likeness (QED) is 0.819. The average molecular weight is 273 g/mol. The van der Waals surface area contributed by atoms with Gasteiger partial charge in [0.05, 0.1) is 6.61 Å². The van der Waals surface area contributed by atoms with Gasteiger partial charge in [-0.05, 0) is 43.0 Å². The van der Waals surface area contributed by atoms with Crippen LogP contribution in [0.25, 0.3) is 0 Å². The smallest absolute Gasteiger partial charge is 0.0540 e. The lowest BCUT2D eigenvalue weighted by molar-refractivity contribution is 0.116. The van der Waals surface area contributed by atoms with Gasteiger partial charge in [-0.2, -0.15) is 0 Å². The molecule has 1 unspecified atom stereocenters. The molecule has 108 valence electrons. The van der Waals surface area contributed by atoms with E-state index in [-0.39, 0.29) is 6.61 Å². The lowest BCUT2D eigenvalue weighted by atomic mass is 9.98. The Kier molecular flexibility index (Phi) is 6.07.